The van der Waals surface area contributed by atoms with Crippen LogP contribution in [-0.4, -0.2) is 38.3 Å². The second-order valence-corrected chi connectivity index (χ2v) is 11.2. The number of esters is 1. The molecule has 0 radical (unpaired) electrons. The Morgan fingerprint density at radius 3 is 2.83 bits per heavy atom. The lowest BCUT2D eigenvalue weighted by molar-refractivity contribution is -0.137. The molecule has 35 heavy (non-hydrogen) atoms. The largest absolute Gasteiger partial charge is 0.490 e. The van der Waals surface area contributed by atoms with Gasteiger partial charge >= 0.3 is 5.97 Å². The standard InChI is InChI=1S/C25H25N3O5S2/c1-15(2)33-22-10-7-16(11-17(22)12-26)25-27-13-23(34-25)20-6-4-5-19-18(20)8-9-21(19)28-35(30,31)14-24(29)32-3/h4-7,10-11,13,15,21,28H,8-9,14H2,1-3H3/t21-/m1/s1. The molecule has 8 nitrogen and oxygen atoms in total. The van der Waals surface area contributed by atoms with Crippen LogP contribution < -0.4 is 9.46 Å². The number of aromatic nitrogens is 1. The topological polar surface area (TPSA) is 118 Å². The first-order chi connectivity index (χ1) is 16.7. The molecule has 182 valence electrons. The number of hydrogen-bond donors (Lipinski definition) is 1. The predicted octanol–water partition coefficient (Wildman–Crippen LogP) is 4.22. The van der Waals surface area contributed by atoms with Crippen molar-refractivity contribution in [3.8, 4) is 32.8 Å². The van der Waals surface area contributed by atoms with Crippen LogP contribution in [0.3, 0.4) is 0 Å². The summed E-state index contributed by atoms with van der Waals surface area (Å²) < 4.78 is 37.6. The summed E-state index contributed by atoms with van der Waals surface area (Å²) in [6, 6.07) is 13.1. The smallest absolute Gasteiger partial charge is 0.322 e. The highest BCUT2D eigenvalue weighted by molar-refractivity contribution is 7.90. The Morgan fingerprint density at radius 2 is 2.11 bits per heavy atom. The minimum absolute atomic E-state index is 0.0339. The van der Waals surface area contributed by atoms with Gasteiger partial charge in [0, 0.05) is 17.8 Å². The van der Waals surface area contributed by atoms with Gasteiger partial charge in [-0.3, -0.25) is 4.79 Å². The molecule has 0 unspecified atom stereocenters. The van der Waals surface area contributed by atoms with Crippen molar-refractivity contribution in [2.24, 2.45) is 0 Å². The van der Waals surface area contributed by atoms with Crippen LogP contribution >= 0.6 is 11.3 Å². The number of thiazole rings is 1. The second kappa shape index (κ2) is 10.2. The third-order valence-electron chi connectivity index (χ3n) is 5.61. The number of rotatable bonds is 8. The first kappa shape index (κ1) is 24.9. The molecule has 10 heteroatoms. The minimum atomic E-state index is -3.82. The van der Waals surface area contributed by atoms with Crippen molar-refractivity contribution in [1.82, 2.24) is 9.71 Å². The maximum absolute atomic E-state index is 12.4. The lowest BCUT2D eigenvalue weighted by atomic mass is 10.0. The van der Waals surface area contributed by atoms with E-state index in [1.54, 1.807) is 18.3 Å². The van der Waals surface area contributed by atoms with Gasteiger partial charge in [-0.05, 0) is 61.6 Å². The molecule has 4 rings (SSSR count). The number of nitriles is 1. The van der Waals surface area contributed by atoms with Gasteiger partial charge in [0.1, 0.15) is 16.8 Å². The van der Waals surface area contributed by atoms with E-state index in [0.29, 0.717) is 24.2 Å². The normalized spacial score (nSPS) is 15.0. The number of carbonyl (C=O) groups excluding carboxylic acids is 1. The fourth-order valence-corrected chi connectivity index (χ4v) is 6.27. The van der Waals surface area contributed by atoms with Gasteiger partial charge in [-0.2, -0.15) is 5.26 Å². The molecule has 1 aromatic heterocycles. The summed E-state index contributed by atoms with van der Waals surface area (Å²) in [6.45, 7) is 3.82. The van der Waals surface area contributed by atoms with Crippen molar-refractivity contribution < 1.29 is 22.7 Å². The zero-order valence-electron chi connectivity index (χ0n) is 19.6. The number of ether oxygens (including phenoxy) is 2. The number of carbonyl (C=O) groups is 1. The number of nitrogens with zero attached hydrogens (tertiary/aromatic N) is 2. The molecular weight excluding hydrogens is 486 g/mol. The monoisotopic (exact) mass is 511 g/mol. The summed E-state index contributed by atoms with van der Waals surface area (Å²) >= 11 is 1.51. The molecule has 0 fully saturated rings. The van der Waals surface area contributed by atoms with Gasteiger partial charge in [0.2, 0.25) is 10.0 Å². The van der Waals surface area contributed by atoms with Crippen LogP contribution in [-0.2, 0) is 26.0 Å². The maximum atomic E-state index is 12.4. The molecule has 3 aromatic rings. The highest BCUT2D eigenvalue weighted by Crippen LogP contribution is 2.41. The van der Waals surface area contributed by atoms with Crippen LogP contribution in [0.2, 0.25) is 0 Å². The summed E-state index contributed by atoms with van der Waals surface area (Å²) in [5.41, 5.74) is 4.24. The summed E-state index contributed by atoms with van der Waals surface area (Å²) in [7, 11) is -2.66. The van der Waals surface area contributed by atoms with Crippen molar-refractivity contribution >= 4 is 27.3 Å². The summed E-state index contributed by atoms with van der Waals surface area (Å²) in [6.07, 6.45) is 3.06. The van der Waals surface area contributed by atoms with E-state index in [1.165, 1.54) is 11.3 Å². The highest BCUT2D eigenvalue weighted by Gasteiger charge is 2.30. The molecule has 1 atom stereocenters. The zero-order chi connectivity index (χ0) is 25.2. The molecule has 0 bridgehead atoms. The Bertz CT molecular complexity index is 1410. The first-order valence-electron chi connectivity index (χ1n) is 11.1. The first-order valence-corrected chi connectivity index (χ1v) is 13.5. The van der Waals surface area contributed by atoms with Gasteiger partial charge in [0.15, 0.2) is 5.75 Å². The van der Waals surface area contributed by atoms with Crippen molar-refractivity contribution in [3.63, 3.8) is 0 Å². The van der Waals surface area contributed by atoms with Crippen molar-refractivity contribution in [2.45, 2.75) is 38.8 Å². The van der Waals surface area contributed by atoms with E-state index in [9.17, 15) is 18.5 Å². The van der Waals surface area contributed by atoms with E-state index >= 15 is 0 Å². The number of fused-ring (bicyclic) bond motifs is 1. The molecular formula is C25H25N3O5S2. The average Bonchev–Trinajstić information content (AvgIpc) is 3.46. The van der Waals surface area contributed by atoms with Gasteiger partial charge in [-0.15, -0.1) is 11.3 Å². The van der Waals surface area contributed by atoms with Crippen molar-refractivity contribution in [3.05, 3.63) is 59.3 Å². The molecule has 0 amide bonds. The zero-order valence-corrected chi connectivity index (χ0v) is 21.2. The van der Waals surface area contributed by atoms with E-state index in [1.807, 2.05) is 38.1 Å². The average molecular weight is 512 g/mol. The Balaban J connectivity index is 1.60. The van der Waals surface area contributed by atoms with Gasteiger partial charge in [0.25, 0.3) is 0 Å². The van der Waals surface area contributed by atoms with Crippen LogP contribution in [0, 0.1) is 11.3 Å². The molecule has 0 spiro atoms. The van der Waals surface area contributed by atoms with Crippen LogP contribution in [0.25, 0.3) is 21.0 Å². The minimum Gasteiger partial charge on any atom is -0.490 e. The molecule has 1 N–H and O–H groups in total. The third-order valence-corrected chi connectivity index (χ3v) is 7.95. The summed E-state index contributed by atoms with van der Waals surface area (Å²) in [5.74, 6) is -0.964. The number of sulfonamides is 1. The number of benzene rings is 2. The predicted molar refractivity (Wildman–Crippen MR) is 133 cm³/mol. The summed E-state index contributed by atoms with van der Waals surface area (Å²) in [5, 5.41) is 10.3. The molecule has 0 aliphatic heterocycles. The van der Waals surface area contributed by atoms with Crippen LogP contribution in [0.5, 0.6) is 5.75 Å². The SMILES string of the molecule is COC(=O)CS(=O)(=O)N[C@@H]1CCc2c(-c3cnc(-c4ccc(OC(C)C)c(C#N)c4)s3)cccc21. The Morgan fingerprint density at radius 1 is 1.31 bits per heavy atom. The van der Waals surface area contributed by atoms with Gasteiger partial charge in [-0.25, -0.2) is 18.1 Å². The molecule has 2 aromatic carbocycles. The third kappa shape index (κ3) is 5.53. The van der Waals surface area contributed by atoms with Crippen molar-refractivity contribution in [2.75, 3.05) is 12.9 Å². The van der Waals surface area contributed by atoms with E-state index in [2.05, 4.69) is 20.5 Å². The number of nitrogens with one attached hydrogen (secondary N) is 1. The Hall–Kier alpha value is -3.26. The van der Waals surface area contributed by atoms with Crippen LogP contribution in [0.1, 0.15) is 43.0 Å². The van der Waals surface area contributed by atoms with Gasteiger partial charge in [0.05, 0.1) is 23.7 Å². The lowest BCUT2D eigenvalue weighted by Gasteiger charge is -2.14. The van der Waals surface area contributed by atoms with Gasteiger partial charge in [-0.1, -0.05) is 18.2 Å². The van der Waals surface area contributed by atoms with Crippen LogP contribution in [0.15, 0.2) is 42.6 Å². The fourth-order valence-electron chi connectivity index (χ4n) is 4.12. The molecule has 1 aliphatic rings. The molecule has 0 saturated carbocycles. The van der Waals surface area contributed by atoms with Crippen molar-refractivity contribution in [1.29, 1.82) is 5.26 Å². The van der Waals surface area contributed by atoms with E-state index < -0.39 is 27.8 Å². The van der Waals surface area contributed by atoms with E-state index in [0.717, 1.165) is 39.2 Å². The fraction of sp³-hybridized carbons (Fsp3) is 0.320. The van der Waals surface area contributed by atoms with Crippen LogP contribution in [0.4, 0.5) is 0 Å². The quantitative estimate of drug-likeness (QED) is 0.450. The number of hydrogen-bond acceptors (Lipinski definition) is 8. The second-order valence-electron chi connectivity index (χ2n) is 8.44. The highest BCUT2D eigenvalue weighted by atomic mass is 32.2. The number of methoxy groups -OCH3 is 1. The molecule has 1 heterocycles. The lowest BCUT2D eigenvalue weighted by Crippen LogP contribution is -2.33. The molecule has 1 aliphatic carbocycles. The van der Waals surface area contributed by atoms with E-state index in [-0.39, 0.29) is 6.10 Å². The Labute approximate surface area is 208 Å². The summed E-state index contributed by atoms with van der Waals surface area (Å²) in [4.78, 5) is 17.0. The van der Waals surface area contributed by atoms with E-state index in [4.69, 9.17) is 4.74 Å². The van der Waals surface area contributed by atoms with Gasteiger partial charge < -0.3 is 9.47 Å². The molecule has 0 saturated heterocycles. The Kier molecular flexibility index (Phi) is 7.21. The maximum Gasteiger partial charge on any atom is 0.322 e.